The van der Waals surface area contributed by atoms with Gasteiger partial charge in [-0.05, 0) is 42.1 Å². The lowest BCUT2D eigenvalue weighted by molar-refractivity contribution is 0.469. The molecule has 0 amide bonds. The minimum absolute atomic E-state index is 0.179. The van der Waals surface area contributed by atoms with Crippen molar-refractivity contribution in [3.63, 3.8) is 0 Å². The molecular formula is C16H19N3O3S2. The molecule has 0 bridgehead atoms. The maximum Gasteiger partial charge on any atom is 0.328 e. The van der Waals surface area contributed by atoms with Gasteiger partial charge in [-0.2, -0.15) is 4.31 Å². The summed E-state index contributed by atoms with van der Waals surface area (Å²) in [5.41, 5.74) is 2.22. The summed E-state index contributed by atoms with van der Waals surface area (Å²) in [5.74, 6) is 0. The molecule has 2 aromatic heterocycles. The normalized spacial score (nSPS) is 12.4. The molecule has 0 aliphatic heterocycles. The Balaban J connectivity index is 2.03. The molecule has 0 aliphatic carbocycles. The summed E-state index contributed by atoms with van der Waals surface area (Å²) in [4.78, 5) is 13.2. The van der Waals surface area contributed by atoms with Crippen LogP contribution in [0.25, 0.3) is 11.0 Å². The fraction of sp³-hybridized carbons (Fsp3) is 0.312. The quantitative estimate of drug-likeness (QED) is 0.711. The Kier molecular flexibility index (Phi) is 4.15. The highest BCUT2D eigenvalue weighted by Gasteiger charge is 2.23. The SMILES string of the molecule is Cc1ccsc1CN(C)S(=O)(=O)c1ccc2c(c1)n(C)c(=O)n2C. The highest BCUT2D eigenvalue weighted by molar-refractivity contribution is 7.89. The van der Waals surface area contributed by atoms with Crippen molar-refractivity contribution in [1.29, 1.82) is 0 Å². The molecule has 0 saturated heterocycles. The van der Waals surface area contributed by atoms with E-state index in [1.54, 1.807) is 50.7 Å². The number of sulfonamides is 1. The van der Waals surface area contributed by atoms with E-state index in [9.17, 15) is 13.2 Å². The Morgan fingerprint density at radius 2 is 1.79 bits per heavy atom. The highest BCUT2D eigenvalue weighted by Crippen LogP contribution is 2.24. The van der Waals surface area contributed by atoms with Crippen LogP contribution in [-0.2, 0) is 30.7 Å². The van der Waals surface area contributed by atoms with Gasteiger partial charge in [0.1, 0.15) is 0 Å². The van der Waals surface area contributed by atoms with Gasteiger partial charge in [0.15, 0.2) is 0 Å². The highest BCUT2D eigenvalue weighted by atomic mass is 32.2. The summed E-state index contributed by atoms with van der Waals surface area (Å²) >= 11 is 1.54. The first-order chi connectivity index (χ1) is 11.2. The first kappa shape index (κ1) is 16.9. The molecule has 0 spiro atoms. The average molecular weight is 365 g/mol. The predicted molar refractivity (Wildman–Crippen MR) is 95.9 cm³/mol. The second-order valence-electron chi connectivity index (χ2n) is 5.84. The van der Waals surface area contributed by atoms with Gasteiger partial charge >= 0.3 is 5.69 Å². The van der Waals surface area contributed by atoms with Crippen LogP contribution in [0.3, 0.4) is 0 Å². The van der Waals surface area contributed by atoms with E-state index in [1.165, 1.54) is 13.4 Å². The molecule has 8 heteroatoms. The Morgan fingerprint density at radius 3 is 2.42 bits per heavy atom. The zero-order chi connectivity index (χ0) is 17.6. The molecule has 1 aromatic carbocycles. The molecule has 3 rings (SSSR count). The van der Waals surface area contributed by atoms with E-state index in [1.807, 2.05) is 18.4 Å². The first-order valence-electron chi connectivity index (χ1n) is 7.38. The van der Waals surface area contributed by atoms with Crippen LogP contribution < -0.4 is 5.69 Å². The number of fused-ring (bicyclic) bond motifs is 1. The van der Waals surface area contributed by atoms with Crippen LogP contribution in [0.1, 0.15) is 10.4 Å². The van der Waals surface area contributed by atoms with Gasteiger partial charge in [0, 0.05) is 32.6 Å². The van der Waals surface area contributed by atoms with Crippen LogP contribution in [0.5, 0.6) is 0 Å². The molecule has 2 heterocycles. The fourth-order valence-electron chi connectivity index (χ4n) is 2.68. The molecule has 0 fully saturated rings. The largest absolute Gasteiger partial charge is 0.328 e. The number of hydrogen-bond donors (Lipinski definition) is 0. The summed E-state index contributed by atoms with van der Waals surface area (Å²) in [5, 5.41) is 1.96. The smallest absolute Gasteiger partial charge is 0.295 e. The fourth-order valence-corrected chi connectivity index (χ4v) is 4.88. The number of aromatic nitrogens is 2. The number of nitrogens with zero attached hydrogens (tertiary/aromatic N) is 3. The summed E-state index contributed by atoms with van der Waals surface area (Å²) in [7, 11) is 1.25. The zero-order valence-corrected chi connectivity index (χ0v) is 15.6. The minimum atomic E-state index is -3.63. The van der Waals surface area contributed by atoms with E-state index < -0.39 is 10.0 Å². The van der Waals surface area contributed by atoms with Gasteiger partial charge in [0.2, 0.25) is 10.0 Å². The van der Waals surface area contributed by atoms with Crippen molar-refractivity contribution in [3.8, 4) is 0 Å². The molecule has 0 saturated carbocycles. The third-order valence-corrected chi connectivity index (χ3v) is 7.09. The van der Waals surface area contributed by atoms with E-state index in [0.29, 0.717) is 17.6 Å². The molecule has 0 aliphatic rings. The van der Waals surface area contributed by atoms with Crippen molar-refractivity contribution in [2.24, 2.45) is 14.1 Å². The van der Waals surface area contributed by atoms with Gasteiger partial charge in [0.25, 0.3) is 0 Å². The van der Waals surface area contributed by atoms with E-state index >= 15 is 0 Å². The Hall–Kier alpha value is -1.90. The Labute approximate surface area is 144 Å². The van der Waals surface area contributed by atoms with Crippen LogP contribution in [0.2, 0.25) is 0 Å². The van der Waals surface area contributed by atoms with Crippen LogP contribution in [0.4, 0.5) is 0 Å². The van der Waals surface area contributed by atoms with Crippen LogP contribution in [0, 0.1) is 6.92 Å². The lowest BCUT2D eigenvalue weighted by atomic mass is 10.3. The maximum absolute atomic E-state index is 12.9. The van der Waals surface area contributed by atoms with E-state index in [4.69, 9.17) is 0 Å². The Bertz CT molecular complexity index is 1070. The summed E-state index contributed by atoms with van der Waals surface area (Å²) in [6.07, 6.45) is 0. The molecular weight excluding hydrogens is 346 g/mol. The van der Waals surface area contributed by atoms with E-state index in [0.717, 1.165) is 10.4 Å². The number of rotatable bonds is 4. The molecule has 3 aromatic rings. The van der Waals surface area contributed by atoms with E-state index in [-0.39, 0.29) is 10.6 Å². The summed E-state index contributed by atoms with van der Waals surface area (Å²) < 4.78 is 30.0. The number of thiophene rings is 1. The lowest BCUT2D eigenvalue weighted by Gasteiger charge is -2.17. The molecule has 6 nitrogen and oxygen atoms in total. The van der Waals surface area contributed by atoms with Gasteiger partial charge < -0.3 is 0 Å². The lowest BCUT2D eigenvalue weighted by Crippen LogP contribution is -2.26. The third kappa shape index (κ3) is 2.60. The van der Waals surface area contributed by atoms with Crippen LogP contribution in [0.15, 0.2) is 39.3 Å². The van der Waals surface area contributed by atoms with Gasteiger partial charge in [-0.25, -0.2) is 13.2 Å². The van der Waals surface area contributed by atoms with Gasteiger partial charge in [-0.1, -0.05) is 0 Å². The molecule has 0 unspecified atom stereocenters. The number of aryl methyl sites for hydroxylation is 3. The maximum atomic E-state index is 12.9. The summed E-state index contributed by atoms with van der Waals surface area (Å²) in [6, 6.07) is 6.76. The average Bonchev–Trinajstić information content (AvgIpc) is 3.05. The van der Waals surface area contributed by atoms with Crippen molar-refractivity contribution in [1.82, 2.24) is 13.4 Å². The van der Waals surface area contributed by atoms with Crippen LogP contribution in [-0.4, -0.2) is 28.9 Å². The summed E-state index contributed by atoms with van der Waals surface area (Å²) in [6.45, 7) is 2.30. The molecule has 24 heavy (non-hydrogen) atoms. The standard InChI is InChI=1S/C16H19N3O3S2/c1-11-7-8-23-15(11)10-17(2)24(21,22)12-5-6-13-14(9-12)19(4)16(20)18(13)3/h5-9H,10H2,1-4H3. The van der Waals surface area contributed by atoms with E-state index in [2.05, 4.69) is 0 Å². The molecule has 0 atom stereocenters. The van der Waals surface area contributed by atoms with Crippen molar-refractivity contribution in [2.75, 3.05) is 7.05 Å². The minimum Gasteiger partial charge on any atom is -0.295 e. The molecule has 0 N–H and O–H groups in total. The van der Waals surface area contributed by atoms with Gasteiger partial charge in [0.05, 0.1) is 15.9 Å². The second kappa shape index (κ2) is 5.87. The van der Waals surface area contributed by atoms with Crippen LogP contribution >= 0.6 is 11.3 Å². The third-order valence-electron chi connectivity index (χ3n) is 4.29. The number of imidazole rings is 1. The van der Waals surface area contributed by atoms with Gasteiger partial charge in [-0.3, -0.25) is 9.13 Å². The number of hydrogen-bond acceptors (Lipinski definition) is 4. The Morgan fingerprint density at radius 1 is 1.12 bits per heavy atom. The first-order valence-corrected chi connectivity index (χ1v) is 9.70. The topological polar surface area (TPSA) is 64.3 Å². The zero-order valence-electron chi connectivity index (χ0n) is 14.0. The second-order valence-corrected chi connectivity index (χ2v) is 8.88. The van der Waals surface area contributed by atoms with Crippen molar-refractivity contribution >= 4 is 32.4 Å². The van der Waals surface area contributed by atoms with Crippen molar-refractivity contribution < 1.29 is 8.42 Å². The number of benzene rings is 1. The monoisotopic (exact) mass is 365 g/mol. The predicted octanol–water partition coefficient (Wildman–Crippen LogP) is 2.07. The molecule has 0 radical (unpaired) electrons. The van der Waals surface area contributed by atoms with Crippen molar-refractivity contribution in [3.05, 3.63) is 50.6 Å². The molecule has 128 valence electrons. The van der Waals surface area contributed by atoms with Gasteiger partial charge in [-0.15, -0.1) is 11.3 Å². The van der Waals surface area contributed by atoms with Crippen molar-refractivity contribution in [2.45, 2.75) is 18.4 Å².